The van der Waals surface area contributed by atoms with Crippen LogP contribution < -0.4 is 10.6 Å². The first-order chi connectivity index (χ1) is 11.8. The molecule has 0 radical (unpaired) electrons. The summed E-state index contributed by atoms with van der Waals surface area (Å²) in [5.74, 6) is -1.03. The number of carbonyl (C=O) groups is 2. The maximum atomic E-state index is 12.7. The lowest BCUT2D eigenvalue weighted by Crippen LogP contribution is -2.36. The van der Waals surface area contributed by atoms with Crippen molar-refractivity contribution in [3.63, 3.8) is 0 Å². The van der Waals surface area contributed by atoms with E-state index in [4.69, 9.17) is 16.7 Å². The van der Waals surface area contributed by atoms with Gasteiger partial charge in [-0.1, -0.05) is 18.0 Å². The largest absolute Gasteiger partial charge is 0.481 e. The molecule has 1 aliphatic rings. The molecule has 0 atom stereocenters. The summed E-state index contributed by atoms with van der Waals surface area (Å²) in [4.78, 5) is 22.1. The number of anilines is 1. The molecule has 0 aromatic heterocycles. The molecule has 2 rings (SSSR count). The lowest BCUT2D eigenvalue weighted by molar-refractivity contribution is -0.136. The molecule has 0 spiro atoms. The maximum Gasteiger partial charge on any atom is 0.319 e. The number of amides is 2. The van der Waals surface area contributed by atoms with Gasteiger partial charge in [0.1, 0.15) is 4.90 Å². The number of benzene rings is 1. The molecule has 0 unspecified atom stereocenters. The van der Waals surface area contributed by atoms with E-state index in [1.54, 1.807) is 0 Å². The molecule has 1 saturated heterocycles. The van der Waals surface area contributed by atoms with Crippen LogP contribution in [0.15, 0.2) is 23.1 Å². The van der Waals surface area contributed by atoms with Gasteiger partial charge in [0.15, 0.2) is 0 Å². The number of piperidine rings is 1. The van der Waals surface area contributed by atoms with Crippen molar-refractivity contribution in [2.75, 3.05) is 25.0 Å². The Morgan fingerprint density at radius 3 is 2.52 bits per heavy atom. The number of rotatable bonds is 6. The summed E-state index contributed by atoms with van der Waals surface area (Å²) in [5, 5.41) is 13.5. The summed E-state index contributed by atoms with van der Waals surface area (Å²) in [7, 11) is -3.73. The van der Waals surface area contributed by atoms with E-state index in [1.165, 1.54) is 22.5 Å². The van der Waals surface area contributed by atoms with Gasteiger partial charge in [0.2, 0.25) is 10.0 Å². The van der Waals surface area contributed by atoms with Crippen LogP contribution in [-0.4, -0.2) is 49.5 Å². The summed E-state index contributed by atoms with van der Waals surface area (Å²) in [6.07, 6.45) is 2.40. The molecule has 3 N–H and O–H groups in total. The van der Waals surface area contributed by atoms with Gasteiger partial charge in [0.25, 0.3) is 0 Å². The number of hydrogen-bond acceptors (Lipinski definition) is 4. The summed E-state index contributed by atoms with van der Waals surface area (Å²) < 4.78 is 26.9. The van der Waals surface area contributed by atoms with Crippen LogP contribution in [0.25, 0.3) is 0 Å². The summed E-state index contributed by atoms with van der Waals surface area (Å²) >= 11 is 6.06. The molecule has 1 aromatic carbocycles. The molecule has 1 heterocycles. The number of nitrogens with one attached hydrogen (secondary N) is 2. The van der Waals surface area contributed by atoms with Crippen molar-refractivity contribution in [2.45, 2.75) is 30.6 Å². The highest BCUT2D eigenvalue weighted by molar-refractivity contribution is 7.89. The van der Waals surface area contributed by atoms with Gasteiger partial charge in [0, 0.05) is 25.3 Å². The minimum absolute atomic E-state index is 0.0340. The van der Waals surface area contributed by atoms with Crippen molar-refractivity contribution in [3.8, 4) is 0 Å². The summed E-state index contributed by atoms with van der Waals surface area (Å²) in [6.45, 7) is 0.867. The predicted molar refractivity (Wildman–Crippen MR) is 93.3 cm³/mol. The molecule has 10 heteroatoms. The number of hydrogen-bond donors (Lipinski definition) is 3. The zero-order valence-electron chi connectivity index (χ0n) is 13.5. The third-order valence-corrected chi connectivity index (χ3v) is 6.13. The Labute approximate surface area is 151 Å². The molecule has 1 aromatic rings. The average Bonchev–Trinajstić information content (AvgIpc) is 2.57. The zero-order chi connectivity index (χ0) is 18.4. The lowest BCUT2D eigenvalue weighted by atomic mass is 10.2. The topological polar surface area (TPSA) is 116 Å². The van der Waals surface area contributed by atoms with Crippen molar-refractivity contribution in [1.82, 2.24) is 9.62 Å². The zero-order valence-corrected chi connectivity index (χ0v) is 15.1. The van der Waals surface area contributed by atoms with Gasteiger partial charge in [-0.25, -0.2) is 13.2 Å². The van der Waals surface area contributed by atoms with Crippen molar-refractivity contribution in [2.24, 2.45) is 0 Å². The van der Waals surface area contributed by atoms with E-state index < -0.39 is 22.0 Å². The Kier molecular flexibility index (Phi) is 6.63. The number of carboxylic acids is 1. The molecule has 0 aliphatic carbocycles. The van der Waals surface area contributed by atoms with E-state index in [0.717, 1.165) is 19.3 Å². The van der Waals surface area contributed by atoms with Gasteiger partial charge >= 0.3 is 12.0 Å². The van der Waals surface area contributed by atoms with E-state index in [-0.39, 0.29) is 28.6 Å². The Balaban J connectivity index is 2.11. The van der Waals surface area contributed by atoms with Crippen molar-refractivity contribution >= 4 is 39.3 Å². The molecule has 1 aliphatic heterocycles. The third kappa shape index (κ3) is 5.32. The summed E-state index contributed by atoms with van der Waals surface area (Å²) in [6, 6.07) is 3.58. The smallest absolute Gasteiger partial charge is 0.319 e. The quantitative estimate of drug-likeness (QED) is 0.689. The Hall–Kier alpha value is -1.84. The van der Waals surface area contributed by atoms with Crippen LogP contribution in [0.5, 0.6) is 0 Å². The molecule has 25 heavy (non-hydrogen) atoms. The van der Waals surface area contributed by atoms with E-state index in [0.29, 0.717) is 13.1 Å². The van der Waals surface area contributed by atoms with Gasteiger partial charge in [-0.15, -0.1) is 0 Å². The molecule has 1 fully saturated rings. The van der Waals surface area contributed by atoms with Crippen LogP contribution in [-0.2, 0) is 14.8 Å². The Bertz CT molecular complexity index is 748. The SMILES string of the molecule is O=C(O)CCNC(=O)Nc1ccc(Cl)c(S(=O)(=O)N2CCCCC2)c1. The number of carbonyl (C=O) groups excluding carboxylic acids is 1. The second kappa shape index (κ2) is 8.50. The van der Waals surface area contributed by atoms with Crippen LogP contribution >= 0.6 is 11.6 Å². The number of halogens is 1. The number of aliphatic carboxylic acids is 1. The first-order valence-electron chi connectivity index (χ1n) is 7.87. The van der Waals surface area contributed by atoms with Crippen LogP contribution in [0.1, 0.15) is 25.7 Å². The lowest BCUT2D eigenvalue weighted by Gasteiger charge is -2.26. The van der Waals surface area contributed by atoms with E-state index in [9.17, 15) is 18.0 Å². The van der Waals surface area contributed by atoms with Crippen LogP contribution in [0, 0.1) is 0 Å². The minimum atomic E-state index is -3.73. The number of urea groups is 1. The van der Waals surface area contributed by atoms with Crippen molar-refractivity contribution < 1.29 is 23.1 Å². The van der Waals surface area contributed by atoms with Crippen LogP contribution in [0.2, 0.25) is 5.02 Å². The first kappa shape index (κ1) is 19.5. The standard InChI is InChI=1S/C15H20ClN3O5S/c16-12-5-4-11(18-15(22)17-7-6-14(20)21)10-13(12)25(23,24)19-8-2-1-3-9-19/h4-5,10H,1-3,6-9H2,(H,20,21)(H2,17,18,22). The Morgan fingerprint density at radius 2 is 1.88 bits per heavy atom. The van der Waals surface area contributed by atoms with E-state index in [1.807, 2.05) is 0 Å². The normalized spacial score (nSPS) is 15.6. The molecule has 8 nitrogen and oxygen atoms in total. The van der Waals surface area contributed by atoms with Gasteiger partial charge in [0.05, 0.1) is 11.4 Å². The second-order valence-corrected chi connectivity index (χ2v) is 7.95. The number of nitrogens with zero attached hydrogens (tertiary/aromatic N) is 1. The molecular formula is C15H20ClN3O5S. The maximum absolute atomic E-state index is 12.7. The Morgan fingerprint density at radius 1 is 1.20 bits per heavy atom. The fraction of sp³-hybridized carbons (Fsp3) is 0.467. The third-order valence-electron chi connectivity index (χ3n) is 3.75. The fourth-order valence-electron chi connectivity index (χ4n) is 2.48. The van der Waals surface area contributed by atoms with E-state index >= 15 is 0 Å². The highest BCUT2D eigenvalue weighted by atomic mass is 35.5. The van der Waals surface area contributed by atoms with Crippen LogP contribution in [0.4, 0.5) is 10.5 Å². The predicted octanol–water partition coefficient (Wildman–Crippen LogP) is 2.11. The molecule has 0 saturated carbocycles. The van der Waals surface area contributed by atoms with Gasteiger partial charge in [-0.05, 0) is 31.0 Å². The summed E-state index contributed by atoms with van der Waals surface area (Å²) in [5.41, 5.74) is 0.257. The van der Waals surface area contributed by atoms with Crippen molar-refractivity contribution in [1.29, 1.82) is 0 Å². The first-order valence-corrected chi connectivity index (χ1v) is 9.69. The average molecular weight is 390 g/mol. The van der Waals surface area contributed by atoms with Crippen LogP contribution in [0.3, 0.4) is 0 Å². The second-order valence-electron chi connectivity index (χ2n) is 5.63. The molecule has 2 amide bonds. The monoisotopic (exact) mass is 389 g/mol. The fourth-order valence-corrected chi connectivity index (χ4v) is 4.50. The van der Waals surface area contributed by atoms with Gasteiger partial charge in [-0.3, -0.25) is 4.79 Å². The van der Waals surface area contributed by atoms with Gasteiger partial charge < -0.3 is 15.7 Å². The molecule has 0 bridgehead atoms. The van der Waals surface area contributed by atoms with Gasteiger partial charge in [-0.2, -0.15) is 4.31 Å². The highest BCUT2D eigenvalue weighted by Crippen LogP contribution is 2.29. The van der Waals surface area contributed by atoms with Crippen molar-refractivity contribution in [3.05, 3.63) is 23.2 Å². The highest BCUT2D eigenvalue weighted by Gasteiger charge is 2.28. The van der Waals surface area contributed by atoms with E-state index in [2.05, 4.69) is 10.6 Å². The molecular weight excluding hydrogens is 370 g/mol. The molecule has 138 valence electrons. The minimum Gasteiger partial charge on any atom is -0.481 e. The number of carboxylic acid groups (broad SMARTS) is 1. The number of sulfonamides is 1.